The molecule has 11 nitrogen and oxygen atoms in total. The van der Waals surface area contributed by atoms with Crippen molar-refractivity contribution in [3.05, 3.63) is 97.2 Å². The summed E-state index contributed by atoms with van der Waals surface area (Å²) in [5.41, 5.74) is 0. The monoisotopic (exact) mass is 1080 g/mol. The molecule has 1 rings (SSSR count). The molecule has 1 fully saturated rings. The third-order valence-electron chi connectivity index (χ3n) is 14.0. The quantitative estimate of drug-likeness (QED) is 0.0195. The number of ether oxygens (including phenoxy) is 3. The maximum Gasteiger partial charge on any atom is 0.306 e. The van der Waals surface area contributed by atoms with Crippen LogP contribution in [0.3, 0.4) is 0 Å². The molecule has 1 aliphatic rings. The highest BCUT2D eigenvalue weighted by atomic mass is 16.7. The van der Waals surface area contributed by atoms with E-state index >= 15 is 0 Å². The second-order valence-electron chi connectivity index (χ2n) is 21.0. The Hall–Kier alpha value is -3.42. The molecule has 8 atom stereocenters. The van der Waals surface area contributed by atoms with Crippen molar-refractivity contribution >= 4 is 11.9 Å². The lowest BCUT2D eigenvalue weighted by atomic mass is 9.99. The number of nitrogens with one attached hydrogen (secondary N) is 1. The molecule has 0 aromatic rings. The van der Waals surface area contributed by atoms with Crippen LogP contribution in [0.25, 0.3) is 0 Å². The molecule has 11 heteroatoms. The maximum atomic E-state index is 13.4. The minimum Gasteiger partial charge on any atom is -0.454 e. The van der Waals surface area contributed by atoms with E-state index in [9.17, 15) is 35.1 Å². The van der Waals surface area contributed by atoms with Crippen LogP contribution in [0.4, 0.5) is 0 Å². The fourth-order valence-corrected chi connectivity index (χ4v) is 9.06. The Morgan fingerprint density at radius 1 is 0.519 bits per heavy atom. The predicted octanol–water partition coefficient (Wildman–Crippen LogP) is 14.7. The first-order valence-corrected chi connectivity index (χ1v) is 31.0. The van der Waals surface area contributed by atoms with Crippen molar-refractivity contribution in [3.8, 4) is 0 Å². The van der Waals surface area contributed by atoms with Gasteiger partial charge < -0.3 is 45.1 Å². The molecule has 1 aliphatic heterocycles. The van der Waals surface area contributed by atoms with Gasteiger partial charge in [0, 0.05) is 6.42 Å². The van der Waals surface area contributed by atoms with E-state index in [2.05, 4.69) is 111 Å². The lowest BCUT2D eigenvalue weighted by Crippen LogP contribution is -2.61. The molecule has 77 heavy (non-hydrogen) atoms. The lowest BCUT2D eigenvalue weighted by Gasteiger charge is -2.41. The lowest BCUT2D eigenvalue weighted by molar-refractivity contribution is -0.305. The third-order valence-corrected chi connectivity index (χ3v) is 14.0. The average Bonchev–Trinajstić information content (AvgIpc) is 3.43. The van der Waals surface area contributed by atoms with Crippen LogP contribution in [0.15, 0.2) is 97.2 Å². The minimum atomic E-state index is -1.62. The van der Waals surface area contributed by atoms with Gasteiger partial charge >= 0.3 is 5.97 Å². The Morgan fingerprint density at radius 3 is 1.43 bits per heavy atom. The summed E-state index contributed by atoms with van der Waals surface area (Å²) in [6.45, 7) is 5.63. The van der Waals surface area contributed by atoms with Gasteiger partial charge in [0.1, 0.15) is 24.4 Å². The van der Waals surface area contributed by atoms with Crippen LogP contribution < -0.4 is 5.32 Å². The van der Waals surface area contributed by atoms with Gasteiger partial charge in [-0.1, -0.05) is 234 Å². The molecule has 8 unspecified atom stereocenters. The molecule has 0 radical (unpaired) electrons. The second-order valence-corrected chi connectivity index (χ2v) is 21.0. The van der Waals surface area contributed by atoms with Crippen LogP contribution in [-0.4, -0.2) is 99.6 Å². The van der Waals surface area contributed by atoms with E-state index in [1.54, 1.807) is 6.08 Å². The Morgan fingerprint density at radius 2 is 0.935 bits per heavy atom. The third kappa shape index (κ3) is 41.3. The molecule has 442 valence electrons. The van der Waals surface area contributed by atoms with E-state index < -0.39 is 67.4 Å². The highest BCUT2D eigenvalue weighted by Crippen LogP contribution is 2.26. The fourth-order valence-electron chi connectivity index (χ4n) is 9.06. The van der Waals surface area contributed by atoms with Crippen molar-refractivity contribution < 1.29 is 49.3 Å². The van der Waals surface area contributed by atoms with Gasteiger partial charge in [-0.05, 0) is 103 Å². The molecule has 0 saturated carbocycles. The van der Waals surface area contributed by atoms with Gasteiger partial charge in [0.2, 0.25) is 5.91 Å². The summed E-state index contributed by atoms with van der Waals surface area (Å²) < 4.78 is 17.6. The van der Waals surface area contributed by atoms with E-state index in [4.69, 9.17) is 14.2 Å². The van der Waals surface area contributed by atoms with Gasteiger partial charge in [-0.25, -0.2) is 0 Å². The molecule has 1 saturated heterocycles. The smallest absolute Gasteiger partial charge is 0.306 e. The summed E-state index contributed by atoms with van der Waals surface area (Å²) in [6, 6.07) is -1.04. The second kappa shape index (κ2) is 53.2. The Kier molecular flexibility index (Phi) is 49.5. The van der Waals surface area contributed by atoms with Crippen LogP contribution >= 0.6 is 0 Å². The maximum absolute atomic E-state index is 13.4. The van der Waals surface area contributed by atoms with Gasteiger partial charge in [-0.3, -0.25) is 9.59 Å². The number of carbonyl (C=O) groups is 2. The van der Waals surface area contributed by atoms with Gasteiger partial charge in [-0.15, -0.1) is 0 Å². The van der Waals surface area contributed by atoms with Crippen LogP contribution in [0.2, 0.25) is 0 Å². The number of esters is 1. The van der Waals surface area contributed by atoms with Crippen molar-refractivity contribution in [3.63, 3.8) is 0 Å². The van der Waals surface area contributed by atoms with Crippen molar-refractivity contribution in [2.45, 2.75) is 294 Å². The molecular weight excluding hydrogens is 967 g/mol. The van der Waals surface area contributed by atoms with Crippen LogP contribution in [-0.2, 0) is 23.8 Å². The topological polar surface area (TPSA) is 175 Å². The number of aliphatic hydroxyl groups is 5. The molecule has 0 bridgehead atoms. The minimum absolute atomic E-state index is 0.111. The van der Waals surface area contributed by atoms with Gasteiger partial charge in [-0.2, -0.15) is 0 Å². The standard InChI is InChI=1S/C66H113NO10/c1-4-7-10-13-16-19-22-24-26-27-28-29-30-31-32-34-35-38-41-44-47-50-53-59(70)65(74)67-57(58(69)52-49-46-43-40-37-21-18-15-12-9-6-3)56-75-66-64(63(73)62(72)60(55-68)76-66)77-61(71)54-51-48-45-42-39-36-33-25-23-20-17-14-11-8-5-2/h7,10,16,19-20,23-24,26,28-29,31-32,35,38,49,52,57-60,62-64,66,68-70,72-73H,4-6,8-9,11-15,17-18,21-22,25,27,30,33-34,36-37,39-48,50-51,53-56H2,1-3H3,(H,67,74)/b10-7-,19-16-,23-20-,26-24-,29-28-,32-31-,38-35-,52-49+. The number of hydrogen-bond donors (Lipinski definition) is 6. The highest BCUT2D eigenvalue weighted by Gasteiger charge is 2.47. The summed E-state index contributed by atoms with van der Waals surface area (Å²) in [5.74, 6) is -1.23. The van der Waals surface area contributed by atoms with Crippen molar-refractivity contribution in [2.24, 2.45) is 0 Å². The van der Waals surface area contributed by atoms with Gasteiger partial charge in [0.25, 0.3) is 0 Å². The fraction of sp³-hybridized carbons (Fsp3) is 0.727. The van der Waals surface area contributed by atoms with Crippen LogP contribution in [0, 0.1) is 0 Å². The molecule has 6 N–H and O–H groups in total. The van der Waals surface area contributed by atoms with E-state index in [1.165, 1.54) is 83.5 Å². The number of aliphatic hydroxyl groups excluding tert-OH is 5. The first-order chi connectivity index (χ1) is 37.7. The highest BCUT2D eigenvalue weighted by molar-refractivity contribution is 5.80. The zero-order valence-corrected chi connectivity index (χ0v) is 48.8. The van der Waals surface area contributed by atoms with Crippen molar-refractivity contribution in [1.82, 2.24) is 5.32 Å². The Balaban J connectivity index is 2.69. The first-order valence-electron chi connectivity index (χ1n) is 31.0. The zero-order valence-electron chi connectivity index (χ0n) is 48.8. The summed E-state index contributed by atoms with van der Waals surface area (Å²) >= 11 is 0. The molecule has 0 spiro atoms. The number of unbranched alkanes of at least 4 members (excludes halogenated alkanes) is 23. The predicted molar refractivity (Wildman–Crippen MR) is 319 cm³/mol. The molecule has 1 heterocycles. The van der Waals surface area contributed by atoms with E-state index in [0.29, 0.717) is 12.8 Å². The Labute approximate surface area is 469 Å². The number of rotatable bonds is 51. The number of allylic oxidation sites excluding steroid dienone is 15. The van der Waals surface area contributed by atoms with E-state index in [1.807, 2.05) is 6.08 Å². The number of hydrogen-bond acceptors (Lipinski definition) is 10. The Bertz CT molecular complexity index is 1620. The summed E-state index contributed by atoms with van der Waals surface area (Å²) in [6.07, 6.45) is 60.1. The number of amides is 1. The molecule has 0 aromatic carbocycles. The van der Waals surface area contributed by atoms with Crippen LogP contribution in [0.5, 0.6) is 0 Å². The summed E-state index contributed by atoms with van der Waals surface area (Å²) in [4.78, 5) is 26.5. The summed E-state index contributed by atoms with van der Waals surface area (Å²) in [5, 5.41) is 56.9. The SMILES string of the molecule is CC/C=C\C/C=C\C/C=C\C/C=C\C/C=C\C/C=C\CCCCCC(O)C(=O)NC(COC1OC(CO)C(O)C(O)C1OC(=O)CCCCCCCCC/C=C\CCCCCC)C(O)/C=C/CCCCCCCCCCC. The molecule has 0 aliphatic carbocycles. The molecule has 0 aromatic heterocycles. The summed E-state index contributed by atoms with van der Waals surface area (Å²) in [7, 11) is 0. The van der Waals surface area contributed by atoms with E-state index in [0.717, 1.165) is 116 Å². The van der Waals surface area contributed by atoms with Gasteiger partial charge in [0.15, 0.2) is 12.4 Å². The number of carbonyl (C=O) groups excluding carboxylic acids is 2. The van der Waals surface area contributed by atoms with Crippen molar-refractivity contribution in [1.29, 1.82) is 0 Å². The normalized spacial score (nSPS) is 19.7. The van der Waals surface area contributed by atoms with E-state index in [-0.39, 0.29) is 19.4 Å². The molecular formula is C66H113NO10. The largest absolute Gasteiger partial charge is 0.454 e. The zero-order chi connectivity index (χ0) is 56.1. The molecule has 1 amide bonds. The first kappa shape index (κ1) is 71.6. The average molecular weight is 1080 g/mol. The van der Waals surface area contributed by atoms with Crippen LogP contribution in [0.1, 0.15) is 245 Å². The van der Waals surface area contributed by atoms with Crippen molar-refractivity contribution in [2.75, 3.05) is 13.2 Å². The van der Waals surface area contributed by atoms with Gasteiger partial charge in [0.05, 0.1) is 25.4 Å².